The van der Waals surface area contributed by atoms with E-state index in [1.165, 1.54) is 18.2 Å². The molecule has 25 heavy (non-hydrogen) atoms. The summed E-state index contributed by atoms with van der Waals surface area (Å²) in [7, 11) is 0. The van der Waals surface area contributed by atoms with Gasteiger partial charge in [-0.3, -0.25) is 10.2 Å². The van der Waals surface area contributed by atoms with Crippen LogP contribution in [0.3, 0.4) is 0 Å². The van der Waals surface area contributed by atoms with Crippen LogP contribution in [0.5, 0.6) is 5.75 Å². The van der Waals surface area contributed by atoms with Crippen LogP contribution in [0.2, 0.25) is 0 Å². The third-order valence-electron chi connectivity index (χ3n) is 4.70. The van der Waals surface area contributed by atoms with Crippen molar-refractivity contribution in [1.29, 1.82) is 0 Å². The van der Waals surface area contributed by atoms with E-state index in [0.29, 0.717) is 30.4 Å². The predicted octanol–water partition coefficient (Wildman–Crippen LogP) is 2.21. The molecule has 2 saturated heterocycles. The van der Waals surface area contributed by atoms with Gasteiger partial charge in [0.05, 0.1) is 11.8 Å². The third-order valence-corrected chi connectivity index (χ3v) is 4.70. The maximum absolute atomic E-state index is 13.6. The number of halogens is 1. The second-order valence-corrected chi connectivity index (χ2v) is 7.00. The molecule has 2 aliphatic heterocycles. The molecule has 0 bridgehead atoms. The zero-order chi connectivity index (χ0) is 17.8. The van der Waals surface area contributed by atoms with Crippen LogP contribution in [0.15, 0.2) is 18.2 Å². The summed E-state index contributed by atoms with van der Waals surface area (Å²) in [6.45, 7) is 5.35. The highest BCUT2D eigenvalue weighted by atomic mass is 19.1. The van der Waals surface area contributed by atoms with Crippen molar-refractivity contribution in [2.24, 2.45) is 5.92 Å². The summed E-state index contributed by atoms with van der Waals surface area (Å²) in [4.78, 5) is 12.5. The number of hydrazine groups is 1. The summed E-state index contributed by atoms with van der Waals surface area (Å²) in [5.41, 5.74) is 6.48. The topological polar surface area (TPSA) is 71.6 Å². The number of amides is 1. The Labute approximate surface area is 147 Å². The zero-order valence-corrected chi connectivity index (χ0v) is 14.7. The normalized spacial score (nSPS) is 26.2. The lowest BCUT2D eigenvalue weighted by Crippen LogP contribution is -2.40. The summed E-state index contributed by atoms with van der Waals surface area (Å²) in [6, 6.07) is 4.02. The van der Waals surface area contributed by atoms with Gasteiger partial charge in [0, 0.05) is 18.7 Å². The monoisotopic (exact) mass is 351 g/mol. The first-order chi connectivity index (χ1) is 12.0. The SMILES string of the molecule is CC(C)C1CC(C(=O)Nc2cc(F)ccc2OCC2CCCO2)NN1. The van der Waals surface area contributed by atoms with Gasteiger partial charge in [0.2, 0.25) is 5.91 Å². The predicted molar refractivity (Wildman–Crippen MR) is 92.8 cm³/mol. The van der Waals surface area contributed by atoms with Gasteiger partial charge in [0.15, 0.2) is 0 Å². The first kappa shape index (κ1) is 18.1. The van der Waals surface area contributed by atoms with Gasteiger partial charge >= 0.3 is 0 Å². The number of anilines is 1. The van der Waals surface area contributed by atoms with E-state index in [4.69, 9.17) is 9.47 Å². The maximum Gasteiger partial charge on any atom is 0.243 e. The van der Waals surface area contributed by atoms with Crippen molar-refractivity contribution < 1.29 is 18.7 Å². The van der Waals surface area contributed by atoms with Crippen LogP contribution < -0.4 is 20.9 Å². The van der Waals surface area contributed by atoms with Crippen molar-refractivity contribution >= 4 is 11.6 Å². The minimum atomic E-state index is -0.419. The average molecular weight is 351 g/mol. The number of hydrogen-bond donors (Lipinski definition) is 3. The molecule has 0 saturated carbocycles. The lowest BCUT2D eigenvalue weighted by Gasteiger charge is -2.17. The van der Waals surface area contributed by atoms with E-state index in [-0.39, 0.29) is 24.1 Å². The van der Waals surface area contributed by atoms with Crippen LogP contribution in [-0.2, 0) is 9.53 Å². The number of carbonyl (C=O) groups excluding carboxylic acids is 1. The van der Waals surface area contributed by atoms with Gasteiger partial charge in [0.1, 0.15) is 24.2 Å². The van der Waals surface area contributed by atoms with Gasteiger partial charge in [-0.1, -0.05) is 13.8 Å². The molecule has 0 aromatic heterocycles. The molecule has 1 aromatic carbocycles. The molecule has 2 aliphatic rings. The van der Waals surface area contributed by atoms with Gasteiger partial charge in [-0.25, -0.2) is 9.82 Å². The number of hydrogen-bond acceptors (Lipinski definition) is 5. The molecule has 6 nitrogen and oxygen atoms in total. The molecule has 2 fully saturated rings. The van der Waals surface area contributed by atoms with Gasteiger partial charge < -0.3 is 14.8 Å². The van der Waals surface area contributed by atoms with Crippen molar-refractivity contribution in [3.63, 3.8) is 0 Å². The molecular formula is C18H26FN3O3. The first-order valence-corrected chi connectivity index (χ1v) is 8.89. The lowest BCUT2D eigenvalue weighted by atomic mass is 9.99. The van der Waals surface area contributed by atoms with E-state index >= 15 is 0 Å². The molecule has 3 N–H and O–H groups in total. The number of benzene rings is 1. The van der Waals surface area contributed by atoms with Crippen molar-refractivity contribution in [1.82, 2.24) is 10.9 Å². The molecule has 3 atom stereocenters. The van der Waals surface area contributed by atoms with Gasteiger partial charge in [-0.05, 0) is 37.3 Å². The molecule has 3 unspecified atom stereocenters. The van der Waals surface area contributed by atoms with E-state index in [1.807, 2.05) is 0 Å². The Morgan fingerprint density at radius 3 is 2.96 bits per heavy atom. The van der Waals surface area contributed by atoms with Crippen LogP contribution in [-0.4, -0.2) is 37.3 Å². The van der Waals surface area contributed by atoms with Crippen molar-refractivity contribution in [2.75, 3.05) is 18.5 Å². The molecule has 0 spiro atoms. The molecule has 1 aromatic rings. The molecular weight excluding hydrogens is 325 g/mol. The van der Waals surface area contributed by atoms with E-state index in [1.54, 1.807) is 0 Å². The largest absolute Gasteiger partial charge is 0.489 e. The second-order valence-electron chi connectivity index (χ2n) is 7.00. The van der Waals surface area contributed by atoms with Crippen LogP contribution >= 0.6 is 0 Å². The van der Waals surface area contributed by atoms with E-state index in [2.05, 4.69) is 30.0 Å². The second kappa shape index (κ2) is 8.12. The van der Waals surface area contributed by atoms with Crippen LogP contribution in [0.4, 0.5) is 10.1 Å². The summed E-state index contributed by atoms with van der Waals surface area (Å²) in [6.07, 6.45) is 2.72. The number of nitrogens with one attached hydrogen (secondary N) is 3. The standard InChI is InChI=1S/C18H26FN3O3/c1-11(2)14-9-16(22-21-14)18(23)20-15-8-12(19)5-6-17(15)25-10-13-4-3-7-24-13/h5-6,8,11,13-14,16,21-22H,3-4,7,9-10H2,1-2H3,(H,20,23). The highest BCUT2D eigenvalue weighted by Gasteiger charge is 2.31. The number of carbonyl (C=O) groups is 1. The Balaban J connectivity index is 1.62. The van der Waals surface area contributed by atoms with Crippen molar-refractivity contribution in [2.45, 2.75) is 51.3 Å². The summed E-state index contributed by atoms with van der Waals surface area (Å²) >= 11 is 0. The Morgan fingerprint density at radius 2 is 2.28 bits per heavy atom. The summed E-state index contributed by atoms with van der Waals surface area (Å²) in [5, 5.41) is 2.78. The molecule has 0 radical (unpaired) electrons. The smallest absolute Gasteiger partial charge is 0.243 e. The number of ether oxygens (including phenoxy) is 2. The van der Waals surface area contributed by atoms with Crippen molar-refractivity contribution in [3.8, 4) is 5.75 Å². The van der Waals surface area contributed by atoms with Crippen LogP contribution in [0.25, 0.3) is 0 Å². The fraction of sp³-hybridized carbons (Fsp3) is 0.611. The average Bonchev–Trinajstić information content (AvgIpc) is 3.26. The fourth-order valence-electron chi connectivity index (χ4n) is 3.09. The van der Waals surface area contributed by atoms with E-state index in [0.717, 1.165) is 19.4 Å². The molecule has 2 heterocycles. The van der Waals surface area contributed by atoms with Crippen molar-refractivity contribution in [3.05, 3.63) is 24.0 Å². The molecule has 0 aliphatic carbocycles. The number of rotatable bonds is 6. The first-order valence-electron chi connectivity index (χ1n) is 8.89. The Morgan fingerprint density at radius 1 is 1.44 bits per heavy atom. The zero-order valence-electron chi connectivity index (χ0n) is 14.7. The van der Waals surface area contributed by atoms with Crippen LogP contribution in [0, 0.1) is 11.7 Å². The minimum absolute atomic E-state index is 0.0566. The Bertz CT molecular complexity index is 605. The van der Waals surface area contributed by atoms with Gasteiger partial charge in [-0.2, -0.15) is 0 Å². The van der Waals surface area contributed by atoms with Gasteiger partial charge in [0.25, 0.3) is 0 Å². The highest BCUT2D eigenvalue weighted by Crippen LogP contribution is 2.27. The molecule has 138 valence electrons. The van der Waals surface area contributed by atoms with Gasteiger partial charge in [-0.15, -0.1) is 0 Å². The minimum Gasteiger partial charge on any atom is -0.489 e. The van der Waals surface area contributed by atoms with E-state index in [9.17, 15) is 9.18 Å². The molecule has 1 amide bonds. The van der Waals surface area contributed by atoms with Crippen LogP contribution in [0.1, 0.15) is 33.1 Å². The third kappa shape index (κ3) is 4.68. The fourth-order valence-corrected chi connectivity index (χ4v) is 3.09. The summed E-state index contributed by atoms with van der Waals surface area (Å²) in [5.74, 6) is 0.252. The Kier molecular flexibility index (Phi) is 5.88. The Hall–Kier alpha value is -1.70. The summed E-state index contributed by atoms with van der Waals surface area (Å²) < 4.78 is 24.9. The lowest BCUT2D eigenvalue weighted by molar-refractivity contribution is -0.117. The quantitative estimate of drug-likeness (QED) is 0.733. The molecule has 7 heteroatoms. The van der Waals surface area contributed by atoms with E-state index < -0.39 is 5.82 Å². The molecule has 3 rings (SSSR count). The maximum atomic E-state index is 13.6. The highest BCUT2D eigenvalue weighted by molar-refractivity contribution is 5.96.